The van der Waals surface area contributed by atoms with Gasteiger partial charge in [0.25, 0.3) is 0 Å². The minimum absolute atomic E-state index is 0.526. The third-order valence-electron chi connectivity index (χ3n) is 4.32. The number of hydrogen-bond donors (Lipinski definition) is 3. The third-order valence-corrected chi connectivity index (χ3v) is 4.32. The molecule has 0 heterocycles. The lowest BCUT2D eigenvalue weighted by Crippen LogP contribution is -2.02. The largest absolute Gasteiger partial charge is 0.368 e. The SMILES string of the molecule is NCCCCCCCCC=CCCCCCCCCCC(O)O. The number of nitrogens with two attached hydrogens (primary N) is 1. The fourth-order valence-electron chi connectivity index (χ4n) is 2.82. The standard InChI is InChI=1S/C20H41NO2/c21-19-17-15-13-11-9-7-5-3-1-2-4-6-8-10-12-14-16-18-20(22)23/h1,3,20,22-23H,2,4-19,21H2. The molecule has 0 saturated carbocycles. The molecule has 138 valence electrons. The van der Waals surface area contributed by atoms with Crippen LogP contribution >= 0.6 is 0 Å². The number of aliphatic hydroxyl groups is 2. The van der Waals surface area contributed by atoms with Gasteiger partial charge in [-0.1, -0.05) is 69.9 Å². The Kier molecular flexibility index (Phi) is 19.3. The van der Waals surface area contributed by atoms with Gasteiger partial charge in [0.05, 0.1) is 0 Å². The van der Waals surface area contributed by atoms with Crippen LogP contribution in [0.25, 0.3) is 0 Å². The average Bonchev–Trinajstić information content (AvgIpc) is 2.53. The maximum Gasteiger partial charge on any atom is 0.151 e. The Labute approximate surface area is 144 Å². The molecule has 0 radical (unpaired) electrons. The van der Waals surface area contributed by atoms with E-state index in [0.717, 1.165) is 19.4 Å². The Morgan fingerprint density at radius 2 is 0.957 bits per heavy atom. The van der Waals surface area contributed by atoms with Gasteiger partial charge in [0.15, 0.2) is 6.29 Å². The molecule has 0 amide bonds. The summed E-state index contributed by atoms with van der Waals surface area (Å²) >= 11 is 0. The van der Waals surface area contributed by atoms with Crippen LogP contribution in [0, 0.1) is 0 Å². The first-order chi connectivity index (χ1) is 11.3. The van der Waals surface area contributed by atoms with Crippen LogP contribution in [-0.4, -0.2) is 23.0 Å². The number of rotatable bonds is 18. The van der Waals surface area contributed by atoms with Gasteiger partial charge in [-0.15, -0.1) is 0 Å². The fourth-order valence-corrected chi connectivity index (χ4v) is 2.82. The van der Waals surface area contributed by atoms with E-state index in [1.807, 2.05) is 0 Å². The lowest BCUT2D eigenvalue weighted by Gasteiger charge is -2.03. The van der Waals surface area contributed by atoms with Crippen molar-refractivity contribution in [3.63, 3.8) is 0 Å². The zero-order chi connectivity index (χ0) is 17.0. The number of hydrogen-bond acceptors (Lipinski definition) is 3. The van der Waals surface area contributed by atoms with Crippen LogP contribution in [0.5, 0.6) is 0 Å². The van der Waals surface area contributed by atoms with Crippen molar-refractivity contribution in [1.82, 2.24) is 0 Å². The van der Waals surface area contributed by atoms with Gasteiger partial charge in [-0.2, -0.15) is 0 Å². The lowest BCUT2D eigenvalue weighted by atomic mass is 10.1. The van der Waals surface area contributed by atoms with Crippen molar-refractivity contribution >= 4 is 0 Å². The predicted molar refractivity (Wildman–Crippen MR) is 100 cm³/mol. The van der Waals surface area contributed by atoms with Crippen LogP contribution in [0.15, 0.2) is 12.2 Å². The summed E-state index contributed by atoms with van der Waals surface area (Å²) in [6, 6.07) is 0. The second kappa shape index (κ2) is 19.7. The van der Waals surface area contributed by atoms with E-state index >= 15 is 0 Å². The van der Waals surface area contributed by atoms with Crippen molar-refractivity contribution in [2.45, 2.75) is 109 Å². The highest BCUT2D eigenvalue weighted by Crippen LogP contribution is 2.11. The molecule has 0 rings (SSSR count). The molecule has 3 nitrogen and oxygen atoms in total. The van der Waals surface area contributed by atoms with Crippen molar-refractivity contribution in [1.29, 1.82) is 0 Å². The molecule has 0 spiro atoms. The van der Waals surface area contributed by atoms with Crippen molar-refractivity contribution in [3.05, 3.63) is 12.2 Å². The minimum Gasteiger partial charge on any atom is -0.368 e. The molecule has 0 bridgehead atoms. The number of aliphatic hydroxyl groups excluding tert-OH is 1. The van der Waals surface area contributed by atoms with Gasteiger partial charge >= 0.3 is 0 Å². The van der Waals surface area contributed by atoms with Crippen LogP contribution in [0.3, 0.4) is 0 Å². The van der Waals surface area contributed by atoms with Crippen molar-refractivity contribution in [2.24, 2.45) is 5.73 Å². The molecule has 23 heavy (non-hydrogen) atoms. The molecule has 3 heteroatoms. The van der Waals surface area contributed by atoms with E-state index in [2.05, 4.69) is 12.2 Å². The van der Waals surface area contributed by atoms with Crippen LogP contribution in [0.2, 0.25) is 0 Å². The van der Waals surface area contributed by atoms with E-state index in [0.29, 0.717) is 6.42 Å². The molecule has 0 unspecified atom stereocenters. The zero-order valence-electron chi connectivity index (χ0n) is 15.2. The maximum atomic E-state index is 8.73. The Morgan fingerprint density at radius 3 is 1.39 bits per heavy atom. The summed E-state index contributed by atoms with van der Waals surface area (Å²) in [7, 11) is 0. The summed E-state index contributed by atoms with van der Waals surface area (Å²) in [5, 5.41) is 17.5. The van der Waals surface area contributed by atoms with E-state index in [-0.39, 0.29) is 0 Å². The third kappa shape index (κ3) is 21.6. The van der Waals surface area contributed by atoms with Gasteiger partial charge in [0, 0.05) is 0 Å². The minimum atomic E-state index is -1.11. The average molecular weight is 328 g/mol. The van der Waals surface area contributed by atoms with Gasteiger partial charge in [0.2, 0.25) is 0 Å². The molecule has 0 atom stereocenters. The molecule has 0 aliphatic rings. The molecule has 4 N–H and O–H groups in total. The van der Waals surface area contributed by atoms with Gasteiger partial charge in [0.1, 0.15) is 0 Å². The van der Waals surface area contributed by atoms with Crippen LogP contribution in [-0.2, 0) is 0 Å². The zero-order valence-corrected chi connectivity index (χ0v) is 15.2. The Hall–Kier alpha value is -0.380. The number of unbranched alkanes of at least 4 members (excludes halogenated alkanes) is 13. The second-order valence-electron chi connectivity index (χ2n) is 6.70. The summed E-state index contributed by atoms with van der Waals surface area (Å²) in [4.78, 5) is 0. The molecule has 0 aromatic carbocycles. The van der Waals surface area contributed by atoms with Crippen molar-refractivity contribution in [2.75, 3.05) is 6.54 Å². The van der Waals surface area contributed by atoms with Gasteiger partial charge in [-0.3, -0.25) is 0 Å². The first-order valence-electron chi connectivity index (χ1n) is 9.98. The molecule has 0 aliphatic carbocycles. The Balaban J connectivity index is 3.06. The summed E-state index contributed by atoms with van der Waals surface area (Å²) in [5.74, 6) is 0. The van der Waals surface area contributed by atoms with Gasteiger partial charge in [-0.25, -0.2) is 0 Å². The van der Waals surface area contributed by atoms with E-state index in [1.165, 1.54) is 83.5 Å². The van der Waals surface area contributed by atoms with Crippen molar-refractivity contribution < 1.29 is 10.2 Å². The van der Waals surface area contributed by atoms with E-state index in [4.69, 9.17) is 15.9 Å². The number of allylic oxidation sites excluding steroid dienone is 2. The van der Waals surface area contributed by atoms with Crippen LogP contribution in [0.1, 0.15) is 103 Å². The molecule has 0 aromatic rings. The second-order valence-corrected chi connectivity index (χ2v) is 6.70. The van der Waals surface area contributed by atoms with Gasteiger partial charge < -0.3 is 15.9 Å². The van der Waals surface area contributed by atoms with Crippen LogP contribution < -0.4 is 5.73 Å². The predicted octanol–water partition coefficient (Wildman–Crippen LogP) is 5.05. The van der Waals surface area contributed by atoms with E-state index < -0.39 is 6.29 Å². The Morgan fingerprint density at radius 1 is 0.565 bits per heavy atom. The molecule has 0 aromatic heterocycles. The van der Waals surface area contributed by atoms with E-state index in [1.54, 1.807) is 0 Å². The van der Waals surface area contributed by atoms with Gasteiger partial charge in [-0.05, 0) is 51.5 Å². The fraction of sp³-hybridized carbons (Fsp3) is 0.900. The quantitative estimate of drug-likeness (QED) is 0.187. The summed E-state index contributed by atoms with van der Waals surface area (Å²) in [6.07, 6.45) is 23.0. The first-order valence-corrected chi connectivity index (χ1v) is 9.98. The molecule has 0 saturated heterocycles. The monoisotopic (exact) mass is 327 g/mol. The van der Waals surface area contributed by atoms with Crippen LogP contribution in [0.4, 0.5) is 0 Å². The summed E-state index contributed by atoms with van der Waals surface area (Å²) in [6.45, 7) is 0.844. The molecule has 0 fully saturated rings. The Bertz CT molecular complexity index is 242. The summed E-state index contributed by atoms with van der Waals surface area (Å²) in [5.41, 5.74) is 5.48. The summed E-state index contributed by atoms with van der Waals surface area (Å²) < 4.78 is 0. The normalized spacial score (nSPS) is 11.8. The highest BCUT2D eigenvalue weighted by atomic mass is 16.5. The highest BCUT2D eigenvalue weighted by molar-refractivity contribution is 4.81. The molecular formula is C20H41NO2. The van der Waals surface area contributed by atoms with Crippen molar-refractivity contribution in [3.8, 4) is 0 Å². The molecule has 0 aliphatic heterocycles. The molecular weight excluding hydrogens is 286 g/mol. The lowest BCUT2D eigenvalue weighted by molar-refractivity contribution is -0.0466. The smallest absolute Gasteiger partial charge is 0.151 e. The first kappa shape index (κ1) is 22.6. The van der Waals surface area contributed by atoms with E-state index in [9.17, 15) is 0 Å². The highest BCUT2D eigenvalue weighted by Gasteiger charge is 1.96. The maximum absolute atomic E-state index is 8.73. The topological polar surface area (TPSA) is 66.5 Å².